The average Bonchev–Trinajstić information content (AvgIpc) is 2.24. The van der Waals surface area contributed by atoms with Gasteiger partial charge in [0.05, 0.1) is 6.54 Å². The van der Waals surface area contributed by atoms with Crippen LogP contribution in [-0.2, 0) is 6.54 Å². The third kappa shape index (κ3) is 4.18. The predicted octanol–water partition coefficient (Wildman–Crippen LogP) is 1.27. The van der Waals surface area contributed by atoms with Gasteiger partial charge in [-0.2, -0.15) is 0 Å². The first kappa shape index (κ1) is 11.8. The van der Waals surface area contributed by atoms with Crippen molar-refractivity contribution in [1.82, 2.24) is 10.7 Å². The fraction of sp³-hybridized carbons (Fsp3) is 0.300. The minimum Gasteiger partial charge on any atom is -0.356 e. The molecule has 0 aliphatic heterocycles. The summed E-state index contributed by atoms with van der Waals surface area (Å²) in [6.07, 6.45) is 0. The molecule has 5 heteroatoms. The molecule has 1 rings (SSSR count). The van der Waals surface area contributed by atoms with Gasteiger partial charge in [-0.25, -0.2) is 10.8 Å². The Balaban J connectivity index is 2.61. The number of benzene rings is 1. The molecule has 0 aliphatic carbocycles. The summed E-state index contributed by atoms with van der Waals surface area (Å²) >= 11 is 5.85. The Hall–Kier alpha value is -1.26. The SMILES string of the molecule is CCNC(=NCc1cccc(Cl)c1)NN. The van der Waals surface area contributed by atoms with Gasteiger partial charge in [-0.05, 0) is 24.6 Å². The summed E-state index contributed by atoms with van der Waals surface area (Å²) in [5.41, 5.74) is 3.54. The van der Waals surface area contributed by atoms with Crippen molar-refractivity contribution in [3.8, 4) is 0 Å². The van der Waals surface area contributed by atoms with E-state index in [0.717, 1.165) is 12.1 Å². The quantitative estimate of drug-likeness (QED) is 0.315. The third-order valence-corrected chi connectivity index (χ3v) is 2.02. The van der Waals surface area contributed by atoms with E-state index >= 15 is 0 Å². The Bertz CT molecular complexity index is 338. The van der Waals surface area contributed by atoms with Gasteiger partial charge in [0.2, 0.25) is 5.96 Å². The first-order valence-corrected chi connectivity index (χ1v) is 5.13. The van der Waals surface area contributed by atoms with Crippen LogP contribution in [0.4, 0.5) is 0 Å². The summed E-state index contributed by atoms with van der Waals surface area (Å²) in [6.45, 7) is 3.30. The van der Waals surface area contributed by atoms with Crippen LogP contribution in [0.2, 0.25) is 5.02 Å². The van der Waals surface area contributed by atoms with Crippen molar-refractivity contribution < 1.29 is 0 Å². The van der Waals surface area contributed by atoms with Crippen molar-refractivity contribution in [3.05, 3.63) is 34.9 Å². The molecule has 0 heterocycles. The van der Waals surface area contributed by atoms with Gasteiger partial charge in [-0.15, -0.1) is 0 Å². The molecule has 0 fully saturated rings. The van der Waals surface area contributed by atoms with Gasteiger partial charge in [0.15, 0.2) is 0 Å². The highest BCUT2D eigenvalue weighted by molar-refractivity contribution is 6.30. The smallest absolute Gasteiger partial charge is 0.206 e. The van der Waals surface area contributed by atoms with Crippen LogP contribution in [0.25, 0.3) is 0 Å². The lowest BCUT2D eigenvalue weighted by molar-refractivity contribution is 0.852. The molecule has 4 nitrogen and oxygen atoms in total. The Morgan fingerprint density at radius 1 is 1.53 bits per heavy atom. The Labute approximate surface area is 94.5 Å². The fourth-order valence-electron chi connectivity index (χ4n) is 1.13. The van der Waals surface area contributed by atoms with E-state index in [9.17, 15) is 0 Å². The van der Waals surface area contributed by atoms with E-state index in [1.54, 1.807) is 0 Å². The lowest BCUT2D eigenvalue weighted by Crippen LogP contribution is -2.41. The number of rotatable bonds is 3. The molecule has 0 radical (unpaired) electrons. The van der Waals surface area contributed by atoms with Crippen LogP contribution >= 0.6 is 11.6 Å². The van der Waals surface area contributed by atoms with Crippen LogP contribution in [0.5, 0.6) is 0 Å². The highest BCUT2D eigenvalue weighted by Crippen LogP contribution is 2.11. The van der Waals surface area contributed by atoms with E-state index in [2.05, 4.69) is 15.7 Å². The van der Waals surface area contributed by atoms with E-state index < -0.39 is 0 Å². The van der Waals surface area contributed by atoms with E-state index in [-0.39, 0.29) is 0 Å². The van der Waals surface area contributed by atoms with Gasteiger partial charge in [0, 0.05) is 11.6 Å². The van der Waals surface area contributed by atoms with Gasteiger partial charge < -0.3 is 5.32 Å². The molecule has 1 aromatic carbocycles. The molecule has 0 unspecified atom stereocenters. The Kier molecular flexibility index (Phi) is 4.93. The number of hydrazine groups is 1. The van der Waals surface area contributed by atoms with Gasteiger partial charge >= 0.3 is 0 Å². The highest BCUT2D eigenvalue weighted by Gasteiger charge is 1.95. The van der Waals surface area contributed by atoms with Crippen LogP contribution in [0.3, 0.4) is 0 Å². The third-order valence-electron chi connectivity index (χ3n) is 1.79. The minimum absolute atomic E-state index is 0.549. The van der Waals surface area contributed by atoms with Crippen molar-refractivity contribution in [2.75, 3.05) is 6.54 Å². The van der Waals surface area contributed by atoms with Crippen molar-refractivity contribution in [3.63, 3.8) is 0 Å². The zero-order valence-electron chi connectivity index (χ0n) is 8.63. The Morgan fingerprint density at radius 2 is 2.33 bits per heavy atom. The number of nitrogens with zero attached hydrogens (tertiary/aromatic N) is 1. The molecule has 15 heavy (non-hydrogen) atoms. The fourth-order valence-corrected chi connectivity index (χ4v) is 1.34. The number of hydrogen-bond donors (Lipinski definition) is 3. The monoisotopic (exact) mass is 226 g/mol. The summed E-state index contributed by atoms with van der Waals surface area (Å²) in [7, 11) is 0. The van der Waals surface area contributed by atoms with Crippen molar-refractivity contribution in [2.45, 2.75) is 13.5 Å². The number of guanidine groups is 1. The van der Waals surface area contributed by atoms with Gasteiger partial charge in [-0.3, -0.25) is 5.43 Å². The second-order valence-electron chi connectivity index (χ2n) is 2.97. The first-order valence-electron chi connectivity index (χ1n) is 4.75. The highest BCUT2D eigenvalue weighted by atomic mass is 35.5. The lowest BCUT2D eigenvalue weighted by atomic mass is 10.2. The van der Waals surface area contributed by atoms with Gasteiger partial charge in [0.25, 0.3) is 0 Å². The molecule has 0 aliphatic rings. The number of nitrogens with two attached hydrogens (primary N) is 1. The van der Waals surface area contributed by atoms with Crippen LogP contribution < -0.4 is 16.6 Å². The summed E-state index contributed by atoms with van der Waals surface area (Å²) in [5, 5.41) is 3.71. The van der Waals surface area contributed by atoms with E-state index in [4.69, 9.17) is 17.4 Å². The standard InChI is InChI=1S/C10H15ClN4/c1-2-13-10(15-12)14-7-8-4-3-5-9(11)6-8/h3-6H,2,7,12H2,1H3,(H2,13,14,15). The van der Waals surface area contributed by atoms with Gasteiger partial charge in [-0.1, -0.05) is 23.7 Å². The molecule has 0 bridgehead atoms. The van der Waals surface area contributed by atoms with Crippen LogP contribution in [0.1, 0.15) is 12.5 Å². The summed E-state index contributed by atoms with van der Waals surface area (Å²) < 4.78 is 0. The Morgan fingerprint density at radius 3 is 2.93 bits per heavy atom. The maximum atomic E-state index is 5.85. The average molecular weight is 227 g/mol. The molecule has 1 aromatic rings. The molecule has 0 spiro atoms. The van der Waals surface area contributed by atoms with E-state index in [1.807, 2.05) is 31.2 Å². The largest absolute Gasteiger partial charge is 0.356 e. The molecule has 82 valence electrons. The lowest BCUT2D eigenvalue weighted by Gasteiger charge is -2.06. The molecule has 0 saturated heterocycles. The normalized spacial score (nSPS) is 11.3. The maximum absolute atomic E-state index is 5.85. The van der Waals surface area contributed by atoms with Crippen molar-refractivity contribution >= 4 is 17.6 Å². The van der Waals surface area contributed by atoms with Crippen molar-refractivity contribution in [1.29, 1.82) is 0 Å². The summed E-state index contributed by atoms with van der Waals surface area (Å²) in [6, 6.07) is 7.58. The minimum atomic E-state index is 0.549. The second-order valence-corrected chi connectivity index (χ2v) is 3.41. The zero-order chi connectivity index (χ0) is 11.1. The molecule has 4 N–H and O–H groups in total. The summed E-state index contributed by atoms with van der Waals surface area (Å²) in [4.78, 5) is 4.25. The van der Waals surface area contributed by atoms with E-state index in [1.165, 1.54) is 0 Å². The van der Waals surface area contributed by atoms with E-state index in [0.29, 0.717) is 17.5 Å². The van der Waals surface area contributed by atoms with Gasteiger partial charge in [0.1, 0.15) is 0 Å². The van der Waals surface area contributed by atoms with Crippen molar-refractivity contribution in [2.24, 2.45) is 10.8 Å². The number of hydrogen-bond acceptors (Lipinski definition) is 2. The molecular formula is C10H15ClN4. The molecule has 0 amide bonds. The predicted molar refractivity (Wildman–Crippen MR) is 63.6 cm³/mol. The van der Waals surface area contributed by atoms with Crippen LogP contribution in [-0.4, -0.2) is 12.5 Å². The van der Waals surface area contributed by atoms with Crippen LogP contribution in [0, 0.1) is 0 Å². The maximum Gasteiger partial charge on any atom is 0.206 e. The van der Waals surface area contributed by atoms with Crippen LogP contribution in [0.15, 0.2) is 29.3 Å². The topological polar surface area (TPSA) is 62.4 Å². The number of aliphatic imine (C=N–C) groups is 1. The molecule has 0 aromatic heterocycles. The number of nitrogens with one attached hydrogen (secondary N) is 2. The molecule has 0 atom stereocenters. The first-order chi connectivity index (χ1) is 7.26. The summed E-state index contributed by atoms with van der Waals surface area (Å²) in [5.74, 6) is 5.86. The second kappa shape index (κ2) is 6.27. The molecular weight excluding hydrogens is 212 g/mol. The number of halogens is 1. The molecule has 0 saturated carbocycles. The zero-order valence-corrected chi connectivity index (χ0v) is 9.38.